The van der Waals surface area contributed by atoms with Crippen molar-refractivity contribution in [2.45, 2.75) is 69.8 Å². The smallest absolute Gasteiger partial charge is 0.336 e. The highest BCUT2D eigenvalue weighted by Crippen LogP contribution is 2.33. The molecule has 194 valence electrons. The number of halogens is 1. The fraction of sp³-hybridized carbons (Fsp3) is 0.414. The third-order valence-electron chi connectivity index (χ3n) is 7.25. The fourth-order valence-electron chi connectivity index (χ4n) is 5.22. The highest BCUT2D eigenvalue weighted by molar-refractivity contribution is 7.98. The largest absolute Gasteiger partial charge is 0.423 e. The second-order valence-corrected chi connectivity index (χ2v) is 11.1. The second kappa shape index (κ2) is 10.8. The molecular formula is C29H33FN4O2S. The highest BCUT2D eigenvalue weighted by atomic mass is 32.2. The molecule has 2 aromatic carbocycles. The average Bonchev–Trinajstić information content (AvgIpc) is 3.31. The van der Waals surface area contributed by atoms with Gasteiger partial charge in [-0.2, -0.15) is 0 Å². The Morgan fingerprint density at radius 2 is 1.76 bits per heavy atom. The summed E-state index contributed by atoms with van der Waals surface area (Å²) >= 11 is 1.52. The number of fused-ring (bicyclic) bond motifs is 1. The van der Waals surface area contributed by atoms with Crippen molar-refractivity contribution >= 4 is 22.7 Å². The van der Waals surface area contributed by atoms with Crippen LogP contribution in [0.5, 0.6) is 0 Å². The van der Waals surface area contributed by atoms with Crippen LogP contribution in [0.3, 0.4) is 0 Å². The SMILES string of the molecule is Cc1cc2oc(=O)cc(CSc3nnc(C(C)N4CCCCC4)n3-c3ccc(F)cc3)c2cc1C(C)C. The summed E-state index contributed by atoms with van der Waals surface area (Å²) in [7, 11) is 0. The normalized spacial score (nSPS) is 15.5. The van der Waals surface area contributed by atoms with Crippen LogP contribution in [0.4, 0.5) is 4.39 Å². The lowest BCUT2D eigenvalue weighted by Crippen LogP contribution is -2.33. The Morgan fingerprint density at radius 1 is 1.03 bits per heavy atom. The maximum absolute atomic E-state index is 13.8. The minimum Gasteiger partial charge on any atom is -0.423 e. The van der Waals surface area contributed by atoms with Gasteiger partial charge in [0, 0.05) is 22.9 Å². The lowest BCUT2D eigenvalue weighted by molar-refractivity contribution is 0.167. The van der Waals surface area contributed by atoms with Gasteiger partial charge >= 0.3 is 5.63 Å². The summed E-state index contributed by atoms with van der Waals surface area (Å²) in [6.45, 7) is 10.6. The Balaban J connectivity index is 1.52. The van der Waals surface area contributed by atoms with Crippen molar-refractivity contribution in [2.24, 2.45) is 0 Å². The third-order valence-corrected chi connectivity index (χ3v) is 8.23. The van der Waals surface area contributed by atoms with Crippen molar-refractivity contribution in [3.63, 3.8) is 0 Å². The van der Waals surface area contributed by atoms with Crippen LogP contribution in [0.25, 0.3) is 16.7 Å². The molecule has 1 fully saturated rings. The van der Waals surface area contributed by atoms with E-state index in [1.807, 2.05) is 17.6 Å². The second-order valence-electron chi connectivity index (χ2n) is 10.2. The summed E-state index contributed by atoms with van der Waals surface area (Å²) in [4.78, 5) is 14.8. The topological polar surface area (TPSA) is 64.2 Å². The van der Waals surface area contributed by atoms with E-state index in [9.17, 15) is 9.18 Å². The number of hydrogen-bond donors (Lipinski definition) is 0. The first-order valence-electron chi connectivity index (χ1n) is 13.0. The molecule has 0 bridgehead atoms. The Morgan fingerprint density at radius 3 is 2.46 bits per heavy atom. The molecule has 1 unspecified atom stereocenters. The minimum absolute atomic E-state index is 0.0772. The number of likely N-dealkylation sites (tertiary alicyclic amines) is 1. The van der Waals surface area contributed by atoms with E-state index >= 15 is 0 Å². The van der Waals surface area contributed by atoms with Crippen LogP contribution < -0.4 is 5.63 Å². The Labute approximate surface area is 220 Å². The molecule has 0 amide bonds. The quantitative estimate of drug-likeness (QED) is 0.198. The van der Waals surface area contributed by atoms with Gasteiger partial charge in [-0.3, -0.25) is 9.47 Å². The van der Waals surface area contributed by atoms with E-state index < -0.39 is 0 Å². The summed E-state index contributed by atoms with van der Waals surface area (Å²) in [6.07, 6.45) is 3.61. The molecule has 4 aromatic rings. The number of piperidine rings is 1. The van der Waals surface area contributed by atoms with E-state index in [4.69, 9.17) is 4.42 Å². The van der Waals surface area contributed by atoms with Crippen LogP contribution >= 0.6 is 11.8 Å². The molecule has 0 saturated carbocycles. The number of nitrogens with zero attached hydrogens (tertiary/aromatic N) is 4. The molecule has 0 aliphatic carbocycles. The van der Waals surface area contributed by atoms with E-state index in [2.05, 4.69) is 41.9 Å². The first-order valence-corrected chi connectivity index (χ1v) is 14.0. The Kier molecular flexibility index (Phi) is 7.49. The molecule has 2 aromatic heterocycles. The molecule has 0 radical (unpaired) electrons. The summed E-state index contributed by atoms with van der Waals surface area (Å²) < 4.78 is 21.3. The molecule has 1 aliphatic rings. The summed E-state index contributed by atoms with van der Waals surface area (Å²) in [6, 6.07) is 12.2. The Bertz CT molecular complexity index is 1460. The lowest BCUT2D eigenvalue weighted by atomic mass is 9.95. The standard InChI is InChI=1S/C29H33FN4O2S/c1-18(2)24-16-25-21(15-27(35)36-26(25)14-19(24)3)17-37-29-32-31-28(20(4)33-12-6-5-7-13-33)34(29)23-10-8-22(30)9-11-23/h8-11,14-16,18,20H,5-7,12-13,17H2,1-4H3. The van der Waals surface area contributed by atoms with Crippen LogP contribution in [-0.2, 0) is 5.75 Å². The maximum Gasteiger partial charge on any atom is 0.336 e. The maximum atomic E-state index is 13.8. The first kappa shape index (κ1) is 25.7. The lowest BCUT2D eigenvalue weighted by Gasteiger charge is -2.31. The predicted octanol–water partition coefficient (Wildman–Crippen LogP) is 6.78. The van der Waals surface area contributed by atoms with E-state index in [1.165, 1.54) is 48.7 Å². The van der Waals surface area contributed by atoms with Crippen molar-refractivity contribution in [1.82, 2.24) is 19.7 Å². The van der Waals surface area contributed by atoms with Crippen molar-refractivity contribution in [3.8, 4) is 5.69 Å². The zero-order valence-corrected chi connectivity index (χ0v) is 22.6. The average molecular weight is 521 g/mol. The predicted molar refractivity (Wildman–Crippen MR) is 146 cm³/mol. The number of aryl methyl sites for hydroxylation is 1. The van der Waals surface area contributed by atoms with Gasteiger partial charge in [-0.05, 0) is 98.8 Å². The van der Waals surface area contributed by atoms with Crippen LogP contribution in [0.2, 0.25) is 0 Å². The number of aromatic nitrogens is 3. The molecule has 8 heteroatoms. The van der Waals surface area contributed by atoms with Gasteiger partial charge in [-0.1, -0.05) is 32.0 Å². The molecule has 3 heterocycles. The third kappa shape index (κ3) is 5.36. The van der Waals surface area contributed by atoms with Crippen molar-refractivity contribution in [3.05, 3.63) is 81.2 Å². The van der Waals surface area contributed by atoms with Gasteiger partial charge in [0.1, 0.15) is 11.4 Å². The van der Waals surface area contributed by atoms with E-state index in [0.29, 0.717) is 22.4 Å². The molecule has 5 rings (SSSR count). The Hall–Kier alpha value is -2.97. The van der Waals surface area contributed by atoms with Crippen molar-refractivity contribution in [1.29, 1.82) is 0 Å². The van der Waals surface area contributed by atoms with Gasteiger partial charge < -0.3 is 4.42 Å². The molecule has 1 saturated heterocycles. The first-order chi connectivity index (χ1) is 17.8. The van der Waals surface area contributed by atoms with Gasteiger partial charge in [0.05, 0.1) is 6.04 Å². The van der Waals surface area contributed by atoms with Gasteiger partial charge in [-0.25, -0.2) is 9.18 Å². The molecule has 0 spiro atoms. The monoisotopic (exact) mass is 520 g/mol. The summed E-state index contributed by atoms with van der Waals surface area (Å²) in [5.74, 6) is 1.44. The van der Waals surface area contributed by atoms with E-state index in [-0.39, 0.29) is 17.5 Å². The van der Waals surface area contributed by atoms with E-state index in [1.54, 1.807) is 18.2 Å². The highest BCUT2D eigenvalue weighted by Gasteiger charge is 2.26. The summed E-state index contributed by atoms with van der Waals surface area (Å²) in [5.41, 5.74) is 4.31. The van der Waals surface area contributed by atoms with Gasteiger partial charge in [0.25, 0.3) is 0 Å². The number of hydrogen-bond acceptors (Lipinski definition) is 6. The summed E-state index contributed by atoms with van der Waals surface area (Å²) in [5, 5.41) is 10.8. The molecule has 37 heavy (non-hydrogen) atoms. The molecular weight excluding hydrogens is 487 g/mol. The van der Waals surface area contributed by atoms with Crippen LogP contribution in [0, 0.1) is 12.7 Å². The molecule has 6 nitrogen and oxygen atoms in total. The van der Waals surface area contributed by atoms with Crippen LogP contribution in [-0.4, -0.2) is 32.8 Å². The molecule has 1 aliphatic heterocycles. The van der Waals surface area contributed by atoms with Gasteiger partial charge in [0.2, 0.25) is 0 Å². The minimum atomic E-state index is -0.362. The molecule has 1 atom stereocenters. The fourth-order valence-corrected chi connectivity index (χ4v) is 6.17. The number of benzene rings is 2. The van der Waals surface area contributed by atoms with Crippen molar-refractivity contribution in [2.75, 3.05) is 13.1 Å². The zero-order chi connectivity index (χ0) is 26.1. The number of thioether (sulfide) groups is 1. The molecule has 0 N–H and O–H groups in total. The van der Waals surface area contributed by atoms with Gasteiger partial charge in [-0.15, -0.1) is 10.2 Å². The van der Waals surface area contributed by atoms with Crippen molar-refractivity contribution < 1.29 is 8.81 Å². The van der Waals surface area contributed by atoms with E-state index in [0.717, 1.165) is 41.1 Å². The van der Waals surface area contributed by atoms with Crippen LogP contribution in [0.1, 0.15) is 74.5 Å². The number of rotatable bonds is 7. The van der Waals surface area contributed by atoms with Crippen LogP contribution in [0.15, 0.2) is 56.8 Å². The van der Waals surface area contributed by atoms with Gasteiger partial charge in [0.15, 0.2) is 11.0 Å². The zero-order valence-electron chi connectivity index (χ0n) is 21.8.